The predicted molar refractivity (Wildman–Crippen MR) is 94.9 cm³/mol. The first-order valence-corrected chi connectivity index (χ1v) is 8.94. The van der Waals surface area contributed by atoms with Gasteiger partial charge in [0.15, 0.2) is 0 Å². The number of likely N-dealkylation sites (N-methyl/N-ethyl adjacent to an activating group) is 1. The molecule has 6 nitrogen and oxygen atoms in total. The number of hydrogen-bond acceptors (Lipinski definition) is 5. The number of rotatable bonds is 5. The summed E-state index contributed by atoms with van der Waals surface area (Å²) in [4.78, 5) is 28.7. The van der Waals surface area contributed by atoms with E-state index in [2.05, 4.69) is 34.3 Å². The number of nitrogens with one attached hydrogen (secondary N) is 1. The zero-order chi connectivity index (χ0) is 17.8. The van der Waals surface area contributed by atoms with Crippen LogP contribution in [-0.2, 0) is 20.9 Å². The van der Waals surface area contributed by atoms with E-state index in [0.717, 1.165) is 19.5 Å². The summed E-state index contributed by atoms with van der Waals surface area (Å²) in [5, 5.41) is 3.08. The molecule has 0 aromatic heterocycles. The van der Waals surface area contributed by atoms with Gasteiger partial charge in [-0.05, 0) is 25.5 Å². The number of likely N-dealkylation sites (tertiary alicyclic amines) is 1. The van der Waals surface area contributed by atoms with Gasteiger partial charge >= 0.3 is 5.97 Å². The van der Waals surface area contributed by atoms with Gasteiger partial charge in [0.25, 0.3) is 0 Å². The van der Waals surface area contributed by atoms with Crippen molar-refractivity contribution >= 4 is 11.9 Å². The molecule has 3 atom stereocenters. The zero-order valence-electron chi connectivity index (χ0n) is 15.0. The third-order valence-electron chi connectivity index (χ3n) is 5.49. The Hall–Kier alpha value is -1.92. The van der Waals surface area contributed by atoms with Crippen molar-refractivity contribution in [3.8, 4) is 0 Å². The smallest absolute Gasteiger partial charge is 0.305 e. The van der Waals surface area contributed by atoms with Crippen molar-refractivity contribution in [2.24, 2.45) is 0 Å². The lowest BCUT2D eigenvalue weighted by atomic mass is 10.0. The molecule has 1 N–H and O–H groups in total. The van der Waals surface area contributed by atoms with Crippen LogP contribution in [0, 0.1) is 0 Å². The number of carbonyl (C=O) groups excluding carboxylic acids is 2. The lowest BCUT2D eigenvalue weighted by molar-refractivity contribution is -0.141. The standard InChI is InChI=1S/C19H27N3O3/c1-21-15(8-9-17(23)25-2)12-20-19(24)18-16(21)10-11-22(18)13-14-6-4-3-5-7-14/h3-7,15-16,18H,8-13H2,1-2H3,(H,20,24)/t15-,16-,18-/m0/s1. The molecular formula is C19H27N3O3. The fourth-order valence-electron chi connectivity index (χ4n) is 4.03. The fourth-order valence-corrected chi connectivity index (χ4v) is 4.03. The molecule has 136 valence electrons. The van der Waals surface area contributed by atoms with E-state index in [-0.39, 0.29) is 30.0 Å². The number of carbonyl (C=O) groups is 2. The number of nitrogens with zero attached hydrogens (tertiary/aromatic N) is 2. The van der Waals surface area contributed by atoms with E-state index in [9.17, 15) is 9.59 Å². The van der Waals surface area contributed by atoms with Crippen molar-refractivity contribution in [2.45, 2.75) is 43.9 Å². The highest BCUT2D eigenvalue weighted by Gasteiger charge is 2.44. The Labute approximate surface area is 149 Å². The average Bonchev–Trinajstić information content (AvgIpc) is 3.00. The first kappa shape index (κ1) is 17.9. The minimum absolute atomic E-state index is 0.103. The fraction of sp³-hybridized carbons (Fsp3) is 0.579. The Bertz CT molecular complexity index is 607. The van der Waals surface area contributed by atoms with Gasteiger partial charge in [-0.2, -0.15) is 0 Å². The topological polar surface area (TPSA) is 61.9 Å². The lowest BCUT2D eigenvalue weighted by Gasteiger charge is -2.33. The normalized spacial score (nSPS) is 27.4. The summed E-state index contributed by atoms with van der Waals surface area (Å²) in [5.74, 6) is -0.0940. The molecule has 0 aliphatic carbocycles. The molecule has 6 heteroatoms. The molecule has 2 aliphatic heterocycles. The molecule has 1 aromatic rings. The third kappa shape index (κ3) is 4.02. The molecule has 0 unspecified atom stereocenters. The van der Waals surface area contributed by atoms with Gasteiger partial charge in [0.2, 0.25) is 5.91 Å². The number of hydrogen-bond donors (Lipinski definition) is 1. The highest BCUT2D eigenvalue weighted by atomic mass is 16.5. The summed E-state index contributed by atoms with van der Waals surface area (Å²) < 4.78 is 4.75. The van der Waals surface area contributed by atoms with Crippen molar-refractivity contribution in [2.75, 3.05) is 27.2 Å². The number of benzene rings is 1. The molecule has 2 saturated heterocycles. The van der Waals surface area contributed by atoms with Gasteiger partial charge in [-0.1, -0.05) is 30.3 Å². The Kier molecular flexibility index (Phi) is 5.71. The molecule has 0 spiro atoms. The van der Waals surface area contributed by atoms with Crippen molar-refractivity contribution in [1.29, 1.82) is 0 Å². The highest BCUT2D eigenvalue weighted by molar-refractivity contribution is 5.83. The molecule has 1 amide bonds. The summed E-state index contributed by atoms with van der Waals surface area (Å²) in [6.07, 6.45) is 2.05. The third-order valence-corrected chi connectivity index (χ3v) is 5.49. The Morgan fingerprint density at radius 3 is 2.80 bits per heavy atom. The second-order valence-corrected chi connectivity index (χ2v) is 6.94. The minimum atomic E-state index is -0.197. The number of amides is 1. The largest absolute Gasteiger partial charge is 0.469 e. The summed E-state index contributed by atoms with van der Waals surface area (Å²) in [6.45, 7) is 2.28. The van der Waals surface area contributed by atoms with Crippen LogP contribution in [0.15, 0.2) is 30.3 Å². The van der Waals surface area contributed by atoms with Crippen LogP contribution in [0.3, 0.4) is 0 Å². The van der Waals surface area contributed by atoms with Crippen molar-refractivity contribution in [3.05, 3.63) is 35.9 Å². The number of ether oxygens (including phenoxy) is 1. The van der Waals surface area contributed by atoms with E-state index in [1.165, 1.54) is 12.7 Å². The second-order valence-electron chi connectivity index (χ2n) is 6.94. The maximum atomic E-state index is 12.7. The molecule has 0 radical (unpaired) electrons. The first-order valence-electron chi connectivity index (χ1n) is 8.94. The van der Waals surface area contributed by atoms with Gasteiger partial charge < -0.3 is 10.1 Å². The van der Waals surface area contributed by atoms with Gasteiger partial charge in [0, 0.05) is 38.1 Å². The van der Waals surface area contributed by atoms with Crippen LogP contribution in [0.1, 0.15) is 24.8 Å². The summed E-state index contributed by atoms with van der Waals surface area (Å²) in [6, 6.07) is 10.5. The number of esters is 1. The monoisotopic (exact) mass is 345 g/mol. The maximum absolute atomic E-state index is 12.7. The van der Waals surface area contributed by atoms with Gasteiger partial charge in [0.1, 0.15) is 6.04 Å². The Balaban J connectivity index is 1.69. The molecule has 2 heterocycles. The molecule has 1 aromatic carbocycles. The lowest BCUT2D eigenvalue weighted by Crippen LogP contribution is -2.49. The van der Waals surface area contributed by atoms with Gasteiger partial charge in [-0.15, -0.1) is 0 Å². The number of methoxy groups -OCH3 is 1. The summed E-state index contributed by atoms with van der Waals surface area (Å²) in [5.41, 5.74) is 1.23. The molecular weight excluding hydrogens is 318 g/mol. The second kappa shape index (κ2) is 7.97. The van der Waals surface area contributed by atoms with E-state index in [1.54, 1.807) is 0 Å². The van der Waals surface area contributed by atoms with Crippen LogP contribution in [0.25, 0.3) is 0 Å². The van der Waals surface area contributed by atoms with E-state index >= 15 is 0 Å². The van der Waals surface area contributed by atoms with E-state index in [1.807, 2.05) is 18.2 Å². The Morgan fingerprint density at radius 1 is 1.32 bits per heavy atom. The first-order chi connectivity index (χ1) is 12.1. The van der Waals surface area contributed by atoms with Crippen LogP contribution in [0.4, 0.5) is 0 Å². The molecule has 25 heavy (non-hydrogen) atoms. The van der Waals surface area contributed by atoms with Crippen molar-refractivity contribution in [3.63, 3.8) is 0 Å². The van der Waals surface area contributed by atoms with E-state index in [4.69, 9.17) is 4.74 Å². The average molecular weight is 345 g/mol. The van der Waals surface area contributed by atoms with Crippen LogP contribution >= 0.6 is 0 Å². The minimum Gasteiger partial charge on any atom is -0.469 e. The molecule has 2 aliphatic rings. The zero-order valence-corrected chi connectivity index (χ0v) is 15.0. The maximum Gasteiger partial charge on any atom is 0.305 e. The van der Waals surface area contributed by atoms with E-state index < -0.39 is 0 Å². The molecule has 3 rings (SSSR count). The van der Waals surface area contributed by atoms with Crippen LogP contribution in [0.5, 0.6) is 0 Å². The molecule has 0 saturated carbocycles. The SMILES string of the molecule is COC(=O)CC[C@H]1CNC(=O)[C@@H]2[C@H](CCN2Cc2ccccc2)N1C. The summed E-state index contributed by atoms with van der Waals surface area (Å²) >= 11 is 0. The summed E-state index contributed by atoms with van der Waals surface area (Å²) in [7, 11) is 3.49. The predicted octanol–water partition coefficient (Wildman–Crippen LogP) is 1.01. The highest BCUT2D eigenvalue weighted by Crippen LogP contribution is 2.28. The van der Waals surface area contributed by atoms with Crippen molar-refractivity contribution < 1.29 is 14.3 Å². The number of fused-ring (bicyclic) bond motifs is 1. The quantitative estimate of drug-likeness (QED) is 0.807. The van der Waals surface area contributed by atoms with Gasteiger partial charge in [-0.25, -0.2) is 0 Å². The molecule has 2 fully saturated rings. The van der Waals surface area contributed by atoms with Crippen LogP contribution < -0.4 is 5.32 Å². The van der Waals surface area contributed by atoms with Gasteiger partial charge in [0.05, 0.1) is 7.11 Å². The van der Waals surface area contributed by atoms with Crippen molar-refractivity contribution in [1.82, 2.24) is 15.1 Å². The Morgan fingerprint density at radius 2 is 2.08 bits per heavy atom. The van der Waals surface area contributed by atoms with Gasteiger partial charge in [-0.3, -0.25) is 19.4 Å². The molecule has 0 bridgehead atoms. The van der Waals surface area contributed by atoms with Crippen LogP contribution in [-0.4, -0.2) is 67.0 Å². The van der Waals surface area contributed by atoms with Crippen LogP contribution in [0.2, 0.25) is 0 Å². The van der Waals surface area contributed by atoms with E-state index in [0.29, 0.717) is 19.4 Å².